The van der Waals surface area contributed by atoms with E-state index in [-0.39, 0.29) is 17.3 Å². The van der Waals surface area contributed by atoms with Crippen molar-refractivity contribution in [2.45, 2.75) is 38.6 Å². The Balaban J connectivity index is 1.89. The highest BCUT2D eigenvalue weighted by Gasteiger charge is 2.28. The third kappa shape index (κ3) is 5.52. The van der Waals surface area contributed by atoms with Gasteiger partial charge in [-0.3, -0.25) is 9.10 Å². The molecule has 0 aliphatic carbocycles. The molecule has 0 radical (unpaired) electrons. The maximum atomic E-state index is 13.5. The zero-order chi connectivity index (χ0) is 22.4. The Morgan fingerprint density at radius 1 is 0.871 bits per heavy atom. The van der Waals surface area contributed by atoms with Gasteiger partial charge in [0.1, 0.15) is 6.54 Å². The Morgan fingerprint density at radius 2 is 1.45 bits per heavy atom. The molecule has 0 atom stereocenters. The van der Waals surface area contributed by atoms with E-state index >= 15 is 0 Å². The van der Waals surface area contributed by atoms with Crippen LogP contribution in [-0.2, 0) is 27.8 Å². The van der Waals surface area contributed by atoms with Crippen molar-refractivity contribution in [2.24, 2.45) is 0 Å². The molecule has 162 valence electrons. The fraction of sp³-hybridized carbons (Fsp3) is 0.240. The molecule has 3 aromatic rings. The van der Waals surface area contributed by atoms with Crippen molar-refractivity contribution in [3.63, 3.8) is 0 Å². The minimum absolute atomic E-state index is 0.162. The molecule has 0 spiro atoms. The zero-order valence-corrected chi connectivity index (χ0v) is 18.9. The van der Waals surface area contributed by atoms with Gasteiger partial charge in [-0.2, -0.15) is 0 Å². The highest BCUT2D eigenvalue weighted by Crippen LogP contribution is 2.27. The number of rotatable bonds is 8. The van der Waals surface area contributed by atoms with Crippen LogP contribution in [0.3, 0.4) is 0 Å². The second-order valence-corrected chi connectivity index (χ2v) is 9.43. The molecule has 0 unspecified atom stereocenters. The van der Waals surface area contributed by atoms with Crippen molar-refractivity contribution in [2.75, 3.05) is 10.8 Å². The fourth-order valence-corrected chi connectivity index (χ4v) is 4.74. The molecule has 5 nitrogen and oxygen atoms in total. The van der Waals surface area contributed by atoms with Gasteiger partial charge in [0.05, 0.1) is 10.6 Å². The first kappa shape index (κ1) is 22.6. The lowest BCUT2D eigenvalue weighted by Crippen LogP contribution is -2.41. The fourth-order valence-electron chi connectivity index (χ4n) is 3.28. The average molecular weight is 437 g/mol. The van der Waals surface area contributed by atoms with Gasteiger partial charge in [-0.05, 0) is 49.6 Å². The first-order valence-corrected chi connectivity index (χ1v) is 11.7. The number of anilines is 1. The van der Waals surface area contributed by atoms with Gasteiger partial charge >= 0.3 is 0 Å². The third-order valence-electron chi connectivity index (χ3n) is 5.15. The van der Waals surface area contributed by atoms with E-state index in [9.17, 15) is 13.2 Å². The lowest BCUT2D eigenvalue weighted by atomic mass is 10.1. The Labute approximate surface area is 184 Å². The number of nitrogens with zero attached hydrogens (tertiary/aromatic N) is 1. The maximum Gasteiger partial charge on any atom is 0.264 e. The summed E-state index contributed by atoms with van der Waals surface area (Å²) in [7, 11) is -3.91. The molecule has 0 heterocycles. The monoisotopic (exact) mass is 436 g/mol. The normalized spacial score (nSPS) is 11.2. The predicted molar refractivity (Wildman–Crippen MR) is 125 cm³/mol. The van der Waals surface area contributed by atoms with Crippen LogP contribution < -0.4 is 9.62 Å². The third-order valence-corrected chi connectivity index (χ3v) is 6.92. The van der Waals surface area contributed by atoms with Gasteiger partial charge in [-0.1, -0.05) is 72.6 Å². The largest absolute Gasteiger partial charge is 0.350 e. The number of hydrogen-bond acceptors (Lipinski definition) is 3. The molecule has 3 rings (SSSR count). The van der Waals surface area contributed by atoms with Gasteiger partial charge in [-0.25, -0.2) is 8.42 Å². The van der Waals surface area contributed by atoms with E-state index in [1.54, 1.807) is 36.4 Å². The van der Waals surface area contributed by atoms with Crippen LogP contribution in [0.2, 0.25) is 0 Å². The molecule has 6 heteroatoms. The quantitative estimate of drug-likeness (QED) is 0.570. The Hall–Kier alpha value is -3.12. The van der Waals surface area contributed by atoms with Gasteiger partial charge in [-0.15, -0.1) is 0 Å². The number of nitrogens with one attached hydrogen (secondary N) is 1. The Bertz CT molecular complexity index is 1140. The van der Waals surface area contributed by atoms with E-state index < -0.39 is 10.0 Å². The SMILES string of the molecule is CCc1ccccc1N(CC(=O)NCc1ccc(C)cc1)S(=O)(=O)c1ccc(C)cc1. The smallest absolute Gasteiger partial charge is 0.264 e. The number of aryl methyl sites for hydroxylation is 3. The minimum atomic E-state index is -3.91. The molecule has 31 heavy (non-hydrogen) atoms. The first-order chi connectivity index (χ1) is 14.8. The summed E-state index contributed by atoms with van der Waals surface area (Å²) in [6.45, 7) is 5.92. The van der Waals surface area contributed by atoms with Crippen molar-refractivity contribution in [3.05, 3.63) is 95.1 Å². The molecule has 0 aliphatic heterocycles. The van der Waals surface area contributed by atoms with E-state index in [2.05, 4.69) is 5.32 Å². The van der Waals surface area contributed by atoms with E-state index in [0.717, 1.165) is 22.3 Å². The number of carbonyl (C=O) groups excluding carboxylic acids is 1. The lowest BCUT2D eigenvalue weighted by Gasteiger charge is -2.26. The first-order valence-electron chi connectivity index (χ1n) is 10.3. The van der Waals surface area contributed by atoms with E-state index in [1.165, 1.54) is 4.31 Å². The number of sulfonamides is 1. The molecule has 1 N–H and O–H groups in total. The topological polar surface area (TPSA) is 66.5 Å². The van der Waals surface area contributed by atoms with Crippen LogP contribution in [0.1, 0.15) is 29.2 Å². The molecule has 0 saturated carbocycles. The molecule has 0 fully saturated rings. The second-order valence-electron chi connectivity index (χ2n) is 7.57. The summed E-state index contributed by atoms with van der Waals surface area (Å²) in [5, 5.41) is 2.84. The van der Waals surface area contributed by atoms with Crippen molar-refractivity contribution in [1.82, 2.24) is 5.32 Å². The van der Waals surface area contributed by atoms with Crippen LogP contribution in [0.25, 0.3) is 0 Å². The molecular formula is C25H28N2O3S. The lowest BCUT2D eigenvalue weighted by molar-refractivity contribution is -0.119. The van der Waals surface area contributed by atoms with Crippen LogP contribution >= 0.6 is 0 Å². The molecule has 0 aliphatic rings. The molecule has 0 bridgehead atoms. The minimum Gasteiger partial charge on any atom is -0.350 e. The average Bonchev–Trinajstić information content (AvgIpc) is 2.77. The summed E-state index contributed by atoms with van der Waals surface area (Å²) in [5.41, 5.74) is 4.46. The number of hydrogen-bond donors (Lipinski definition) is 1. The summed E-state index contributed by atoms with van der Waals surface area (Å²) in [4.78, 5) is 12.9. The summed E-state index contributed by atoms with van der Waals surface area (Å²) in [6.07, 6.45) is 0.654. The molecule has 3 aromatic carbocycles. The van der Waals surface area contributed by atoms with Crippen LogP contribution in [0, 0.1) is 13.8 Å². The molecule has 0 aromatic heterocycles. The van der Waals surface area contributed by atoms with Crippen molar-refractivity contribution < 1.29 is 13.2 Å². The summed E-state index contributed by atoms with van der Waals surface area (Å²) < 4.78 is 28.2. The van der Waals surface area contributed by atoms with Crippen molar-refractivity contribution in [1.29, 1.82) is 0 Å². The Morgan fingerprint density at radius 3 is 2.06 bits per heavy atom. The van der Waals surface area contributed by atoms with E-state index in [1.807, 2.05) is 57.2 Å². The summed E-state index contributed by atoms with van der Waals surface area (Å²) in [6, 6.07) is 21.8. The highest BCUT2D eigenvalue weighted by molar-refractivity contribution is 7.92. The summed E-state index contributed by atoms with van der Waals surface area (Å²) >= 11 is 0. The van der Waals surface area contributed by atoms with Crippen LogP contribution in [0.4, 0.5) is 5.69 Å². The van der Waals surface area contributed by atoms with Crippen LogP contribution in [0.15, 0.2) is 77.7 Å². The highest BCUT2D eigenvalue weighted by atomic mass is 32.2. The van der Waals surface area contributed by atoms with Gasteiger partial charge in [0.15, 0.2) is 0 Å². The van der Waals surface area contributed by atoms with Gasteiger partial charge in [0.2, 0.25) is 5.91 Å². The van der Waals surface area contributed by atoms with Gasteiger partial charge in [0.25, 0.3) is 10.0 Å². The standard InChI is InChI=1S/C25H28N2O3S/c1-4-22-7-5-6-8-24(22)27(31(29,30)23-15-11-20(3)12-16-23)18-25(28)26-17-21-13-9-19(2)10-14-21/h5-16H,4,17-18H2,1-3H3,(H,26,28). The molecule has 0 saturated heterocycles. The number of benzene rings is 3. The second kappa shape index (κ2) is 9.79. The molecule has 1 amide bonds. The number of para-hydroxylation sites is 1. The molecular weight excluding hydrogens is 408 g/mol. The number of carbonyl (C=O) groups is 1. The van der Waals surface area contributed by atoms with E-state index in [4.69, 9.17) is 0 Å². The van der Waals surface area contributed by atoms with E-state index in [0.29, 0.717) is 18.7 Å². The maximum absolute atomic E-state index is 13.5. The Kier molecular flexibility index (Phi) is 7.13. The summed E-state index contributed by atoms with van der Waals surface area (Å²) in [5.74, 6) is -0.359. The zero-order valence-electron chi connectivity index (χ0n) is 18.1. The predicted octanol–water partition coefficient (Wildman–Crippen LogP) is 4.38. The van der Waals surface area contributed by atoms with Crippen LogP contribution in [-0.4, -0.2) is 20.9 Å². The van der Waals surface area contributed by atoms with Crippen LogP contribution in [0.5, 0.6) is 0 Å². The van der Waals surface area contributed by atoms with Crippen molar-refractivity contribution in [3.8, 4) is 0 Å². The number of amides is 1. The van der Waals surface area contributed by atoms with Crippen molar-refractivity contribution >= 4 is 21.6 Å². The van der Waals surface area contributed by atoms with Gasteiger partial charge in [0, 0.05) is 6.54 Å². The van der Waals surface area contributed by atoms with Gasteiger partial charge < -0.3 is 5.32 Å².